The van der Waals surface area contributed by atoms with Gasteiger partial charge in [-0.15, -0.1) is 0 Å². The lowest BCUT2D eigenvalue weighted by Gasteiger charge is -2.44. The molecule has 3 rings (SSSR count). The largest absolute Gasteiger partial charge is 0.337 e. The van der Waals surface area contributed by atoms with Crippen molar-refractivity contribution in [3.63, 3.8) is 0 Å². The molecule has 0 spiro atoms. The van der Waals surface area contributed by atoms with E-state index in [1.807, 2.05) is 35.8 Å². The molecule has 2 atom stereocenters. The van der Waals surface area contributed by atoms with Crippen LogP contribution < -0.4 is 4.90 Å². The van der Waals surface area contributed by atoms with Crippen LogP contribution in [-0.4, -0.2) is 53.3 Å². The van der Waals surface area contributed by atoms with Crippen molar-refractivity contribution in [2.24, 2.45) is 5.92 Å². The van der Waals surface area contributed by atoms with Gasteiger partial charge >= 0.3 is 0 Å². The standard InChI is InChI=1S/C26H41N3O2/c1-5-25(30)27-18-21-10-7-8-13-24(21)29(26(31)6-2)17-15-22-11-9-12-23(19-27)28(22)16-14-20(3)4/h7-8,10,13,20,22-23H,5-6,9,11-12,14-19H2,1-4H3. The first-order valence-electron chi connectivity index (χ1n) is 12.4. The smallest absolute Gasteiger partial charge is 0.226 e. The number of para-hydroxylation sites is 1. The number of anilines is 1. The van der Waals surface area contributed by atoms with Crippen molar-refractivity contribution in [2.45, 2.75) is 91.3 Å². The molecule has 0 radical (unpaired) electrons. The van der Waals surface area contributed by atoms with Crippen molar-refractivity contribution < 1.29 is 9.59 Å². The van der Waals surface area contributed by atoms with Crippen molar-refractivity contribution in [1.82, 2.24) is 9.80 Å². The highest BCUT2D eigenvalue weighted by atomic mass is 16.2. The Morgan fingerprint density at radius 3 is 2.42 bits per heavy atom. The molecule has 1 aromatic rings. The van der Waals surface area contributed by atoms with Crippen LogP contribution in [0.3, 0.4) is 0 Å². The van der Waals surface area contributed by atoms with Crippen molar-refractivity contribution >= 4 is 17.5 Å². The highest BCUT2D eigenvalue weighted by molar-refractivity contribution is 5.94. The van der Waals surface area contributed by atoms with Crippen LogP contribution in [0.1, 0.15) is 78.2 Å². The summed E-state index contributed by atoms with van der Waals surface area (Å²) in [6, 6.07) is 9.06. The van der Waals surface area contributed by atoms with Gasteiger partial charge < -0.3 is 9.80 Å². The van der Waals surface area contributed by atoms with Gasteiger partial charge in [-0.05, 0) is 49.8 Å². The summed E-state index contributed by atoms with van der Waals surface area (Å²) in [5.41, 5.74) is 2.06. The van der Waals surface area contributed by atoms with Crippen molar-refractivity contribution in [3.05, 3.63) is 29.8 Å². The van der Waals surface area contributed by atoms with Crippen LogP contribution in [0.15, 0.2) is 24.3 Å². The van der Waals surface area contributed by atoms with Gasteiger partial charge in [-0.2, -0.15) is 0 Å². The number of hydrogen-bond donors (Lipinski definition) is 0. The summed E-state index contributed by atoms with van der Waals surface area (Å²) in [4.78, 5) is 32.6. The Balaban J connectivity index is 2.00. The van der Waals surface area contributed by atoms with Crippen molar-refractivity contribution in [3.8, 4) is 0 Å². The highest BCUT2D eigenvalue weighted by Crippen LogP contribution is 2.31. The molecule has 2 bridgehead atoms. The minimum absolute atomic E-state index is 0.168. The monoisotopic (exact) mass is 427 g/mol. The van der Waals surface area contributed by atoms with E-state index in [1.165, 1.54) is 19.3 Å². The molecular weight excluding hydrogens is 386 g/mol. The third kappa shape index (κ3) is 5.88. The van der Waals surface area contributed by atoms with Crippen LogP contribution in [0.5, 0.6) is 0 Å². The van der Waals surface area contributed by atoms with E-state index in [0.29, 0.717) is 37.4 Å². The van der Waals surface area contributed by atoms with Gasteiger partial charge in [0, 0.05) is 50.2 Å². The predicted molar refractivity (Wildman–Crippen MR) is 127 cm³/mol. The lowest BCUT2D eigenvalue weighted by molar-refractivity contribution is -0.132. The Labute approximate surface area is 188 Å². The molecule has 0 aromatic heterocycles. The Morgan fingerprint density at radius 2 is 1.71 bits per heavy atom. The van der Waals surface area contributed by atoms with Crippen molar-refractivity contribution in [2.75, 3.05) is 24.5 Å². The topological polar surface area (TPSA) is 43.9 Å². The van der Waals surface area contributed by atoms with Gasteiger partial charge in [-0.25, -0.2) is 0 Å². The maximum Gasteiger partial charge on any atom is 0.226 e. The number of carbonyl (C=O) groups is 2. The number of amides is 2. The predicted octanol–water partition coefficient (Wildman–Crippen LogP) is 4.84. The average molecular weight is 428 g/mol. The third-order valence-electron chi connectivity index (χ3n) is 7.00. The first-order valence-corrected chi connectivity index (χ1v) is 12.4. The van der Waals surface area contributed by atoms with Gasteiger partial charge in [0.25, 0.3) is 0 Å². The van der Waals surface area contributed by atoms with E-state index in [4.69, 9.17) is 0 Å². The fraction of sp³-hybridized carbons (Fsp3) is 0.692. The van der Waals surface area contributed by atoms with Crippen molar-refractivity contribution in [1.29, 1.82) is 0 Å². The molecule has 2 aliphatic rings. The zero-order chi connectivity index (χ0) is 22.4. The summed E-state index contributed by atoms with van der Waals surface area (Å²) in [7, 11) is 0. The van der Waals surface area contributed by atoms with E-state index in [0.717, 1.165) is 43.7 Å². The molecular formula is C26H41N3O2. The molecule has 2 unspecified atom stereocenters. The van der Waals surface area contributed by atoms with E-state index in [2.05, 4.69) is 30.9 Å². The molecule has 2 heterocycles. The molecule has 1 saturated heterocycles. The second kappa shape index (κ2) is 11.1. The Bertz CT molecular complexity index is 748. The normalized spacial score (nSPS) is 22.7. The summed E-state index contributed by atoms with van der Waals surface area (Å²) in [6.45, 7) is 11.7. The van der Waals surface area contributed by atoms with Crippen LogP contribution in [0.4, 0.5) is 5.69 Å². The van der Waals surface area contributed by atoms with Gasteiger partial charge in [-0.3, -0.25) is 14.5 Å². The summed E-state index contributed by atoms with van der Waals surface area (Å²) in [5, 5.41) is 0. The zero-order valence-corrected chi connectivity index (χ0v) is 20.0. The Morgan fingerprint density at radius 1 is 1.00 bits per heavy atom. The number of hydrogen-bond acceptors (Lipinski definition) is 3. The zero-order valence-electron chi connectivity index (χ0n) is 20.0. The van der Waals surface area contributed by atoms with Gasteiger partial charge in [0.2, 0.25) is 11.8 Å². The minimum Gasteiger partial charge on any atom is -0.337 e. The van der Waals surface area contributed by atoms with Gasteiger partial charge in [0.05, 0.1) is 0 Å². The third-order valence-corrected chi connectivity index (χ3v) is 7.00. The second-order valence-corrected chi connectivity index (χ2v) is 9.60. The molecule has 0 saturated carbocycles. The van der Waals surface area contributed by atoms with Crippen LogP contribution in [0.2, 0.25) is 0 Å². The summed E-state index contributed by atoms with van der Waals surface area (Å²) in [5.74, 6) is 1.03. The first-order chi connectivity index (χ1) is 14.9. The highest BCUT2D eigenvalue weighted by Gasteiger charge is 2.34. The minimum atomic E-state index is 0.168. The summed E-state index contributed by atoms with van der Waals surface area (Å²) < 4.78 is 0. The van der Waals surface area contributed by atoms with Crippen LogP contribution in [-0.2, 0) is 16.1 Å². The number of fused-ring (bicyclic) bond motifs is 3. The SMILES string of the molecule is CCC(=O)N1Cc2ccccc2N(C(=O)CC)CCC2CCCC(C1)N2CCC(C)C. The fourth-order valence-corrected chi connectivity index (χ4v) is 5.19. The fourth-order valence-electron chi connectivity index (χ4n) is 5.19. The Kier molecular flexibility index (Phi) is 8.53. The molecule has 0 aliphatic carbocycles. The summed E-state index contributed by atoms with van der Waals surface area (Å²) >= 11 is 0. The van der Waals surface area contributed by atoms with Crippen LogP contribution >= 0.6 is 0 Å². The van der Waals surface area contributed by atoms with Crippen LogP contribution in [0, 0.1) is 5.92 Å². The number of nitrogens with zero attached hydrogens (tertiary/aromatic N) is 3. The first kappa shape index (κ1) is 23.8. The van der Waals surface area contributed by atoms with Gasteiger partial charge in [0.15, 0.2) is 0 Å². The van der Waals surface area contributed by atoms with Gasteiger partial charge in [0.1, 0.15) is 0 Å². The van der Waals surface area contributed by atoms with Gasteiger partial charge in [-0.1, -0.05) is 52.3 Å². The Hall–Kier alpha value is -1.88. The number of piperidine rings is 1. The van der Waals surface area contributed by atoms with E-state index >= 15 is 0 Å². The van der Waals surface area contributed by atoms with Crippen LogP contribution in [0.25, 0.3) is 0 Å². The molecule has 172 valence electrons. The number of carbonyl (C=O) groups excluding carboxylic acids is 2. The van der Waals surface area contributed by atoms with E-state index < -0.39 is 0 Å². The molecule has 2 aliphatic heterocycles. The van der Waals surface area contributed by atoms with E-state index in [-0.39, 0.29) is 11.8 Å². The van der Waals surface area contributed by atoms with E-state index in [9.17, 15) is 9.59 Å². The molecule has 0 N–H and O–H groups in total. The number of benzene rings is 1. The molecule has 5 heteroatoms. The lowest BCUT2D eigenvalue weighted by Crippen LogP contribution is -2.53. The summed E-state index contributed by atoms with van der Waals surface area (Å²) in [6.07, 6.45) is 6.73. The molecule has 1 fully saturated rings. The van der Waals surface area contributed by atoms with E-state index in [1.54, 1.807) is 0 Å². The molecule has 31 heavy (non-hydrogen) atoms. The quantitative estimate of drug-likeness (QED) is 0.675. The number of rotatable bonds is 5. The molecule has 1 aromatic carbocycles. The molecule has 5 nitrogen and oxygen atoms in total. The maximum atomic E-state index is 13.0. The maximum absolute atomic E-state index is 13.0. The molecule has 2 amide bonds. The average Bonchev–Trinajstić information content (AvgIpc) is 2.78. The lowest BCUT2D eigenvalue weighted by atomic mass is 9.92. The second-order valence-electron chi connectivity index (χ2n) is 9.60.